The number of pyridine rings is 1. The van der Waals surface area contributed by atoms with Gasteiger partial charge in [-0.3, -0.25) is 4.98 Å². The zero-order valence-corrected chi connectivity index (χ0v) is 12.4. The summed E-state index contributed by atoms with van der Waals surface area (Å²) in [6.45, 7) is 3.07. The number of hydrogen-bond donors (Lipinski definition) is 2. The lowest BCUT2D eigenvalue weighted by molar-refractivity contribution is 0.318. The van der Waals surface area contributed by atoms with Crippen molar-refractivity contribution in [1.29, 1.82) is 0 Å². The van der Waals surface area contributed by atoms with E-state index < -0.39 is 0 Å². The molecule has 3 aromatic rings. The monoisotopic (exact) mass is 294 g/mol. The summed E-state index contributed by atoms with van der Waals surface area (Å²) >= 11 is 0. The molecule has 0 aliphatic carbocycles. The average molecular weight is 294 g/mol. The first kappa shape index (κ1) is 14.2. The van der Waals surface area contributed by atoms with Crippen molar-refractivity contribution < 1.29 is 9.84 Å². The summed E-state index contributed by atoms with van der Waals surface area (Å²) in [4.78, 5) is 4.35. The zero-order valence-electron chi connectivity index (χ0n) is 12.4. The fourth-order valence-electron chi connectivity index (χ4n) is 2.39. The first-order valence-electron chi connectivity index (χ1n) is 7.30. The van der Waals surface area contributed by atoms with Gasteiger partial charge < -0.3 is 15.2 Å². The van der Waals surface area contributed by atoms with Crippen molar-refractivity contribution in [3.05, 3.63) is 60.3 Å². The summed E-state index contributed by atoms with van der Waals surface area (Å²) in [5.41, 5.74) is 3.05. The molecule has 2 aromatic carbocycles. The number of fused-ring (bicyclic) bond motifs is 1. The maximum Gasteiger partial charge on any atom is 0.161 e. The fraction of sp³-hybridized carbons (Fsp3) is 0.167. The summed E-state index contributed by atoms with van der Waals surface area (Å²) < 4.78 is 5.41. The average Bonchev–Trinajstić information content (AvgIpc) is 2.56. The van der Waals surface area contributed by atoms with E-state index in [2.05, 4.69) is 10.3 Å². The molecule has 4 nitrogen and oxygen atoms in total. The number of nitrogens with one attached hydrogen (secondary N) is 1. The molecule has 3 rings (SSSR count). The maximum absolute atomic E-state index is 9.74. The number of nitrogens with zero attached hydrogens (tertiary/aromatic N) is 1. The third-order valence-corrected chi connectivity index (χ3v) is 3.45. The maximum atomic E-state index is 9.74. The largest absolute Gasteiger partial charge is 0.504 e. The minimum absolute atomic E-state index is 0.167. The predicted molar refractivity (Wildman–Crippen MR) is 88.3 cm³/mol. The fourth-order valence-corrected chi connectivity index (χ4v) is 2.39. The third kappa shape index (κ3) is 2.96. The number of phenols is 1. The molecule has 0 amide bonds. The van der Waals surface area contributed by atoms with Crippen LogP contribution in [0.25, 0.3) is 10.9 Å². The Kier molecular flexibility index (Phi) is 4.10. The van der Waals surface area contributed by atoms with Gasteiger partial charge in [0, 0.05) is 23.8 Å². The van der Waals surface area contributed by atoms with Gasteiger partial charge in [-0.25, -0.2) is 0 Å². The highest BCUT2D eigenvalue weighted by Gasteiger charge is 2.05. The molecule has 0 unspecified atom stereocenters. The number of ether oxygens (including phenoxy) is 1. The Morgan fingerprint density at radius 3 is 2.91 bits per heavy atom. The van der Waals surface area contributed by atoms with Crippen LogP contribution < -0.4 is 10.1 Å². The second kappa shape index (κ2) is 6.35. The van der Waals surface area contributed by atoms with Crippen molar-refractivity contribution in [2.75, 3.05) is 11.9 Å². The van der Waals surface area contributed by atoms with Crippen LogP contribution in [-0.2, 0) is 6.54 Å². The van der Waals surface area contributed by atoms with E-state index in [0.29, 0.717) is 18.9 Å². The number of aromatic hydroxyl groups is 1. The van der Waals surface area contributed by atoms with Crippen molar-refractivity contribution in [3.63, 3.8) is 0 Å². The number of rotatable bonds is 5. The van der Waals surface area contributed by atoms with E-state index >= 15 is 0 Å². The summed E-state index contributed by atoms with van der Waals surface area (Å²) in [7, 11) is 0. The third-order valence-electron chi connectivity index (χ3n) is 3.45. The molecule has 0 aliphatic heterocycles. The van der Waals surface area contributed by atoms with Gasteiger partial charge in [-0.2, -0.15) is 0 Å². The predicted octanol–water partition coefficient (Wildman–Crippen LogP) is 3.95. The van der Waals surface area contributed by atoms with Gasteiger partial charge in [-0.15, -0.1) is 0 Å². The zero-order chi connectivity index (χ0) is 15.4. The number of benzene rings is 2. The molecular formula is C18H18N2O2. The van der Waals surface area contributed by atoms with Crippen LogP contribution in [0.5, 0.6) is 11.5 Å². The molecule has 0 spiro atoms. The molecule has 0 aliphatic rings. The smallest absolute Gasteiger partial charge is 0.161 e. The molecule has 0 fully saturated rings. The lowest BCUT2D eigenvalue weighted by atomic mass is 10.1. The molecule has 0 bridgehead atoms. The Bertz CT molecular complexity index is 782. The van der Waals surface area contributed by atoms with Gasteiger partial charge in [0.1, 0.15) is 0 Å². The highest BCUT2D eigenvalue weighted by molar-refractivity contribution is 5.91. The quantitative estimate of drug-likeness (QED) is 0.748. The van der Waals surface area contributed by atoms with E-state index in [9.17, 15) is 5.11 Å². The van der Waals surface area contributed by atoms with E-state index in [-0.39, 0.29) is 5.75 Å². The molecule has 4 heteroatoms. The minimum atomic E-state index is 0.167. The van der Waals surface area contributed by atoms with Crippen LogP contribution in [0.4, 0.5) is 5.69 Å². The lowest BCUT2D eigenvalue weighted by Gasteiger charge is -2.11. The molecule has 112 valence electrons. The molecule has 0 radical (unpaired) electrons. The van der Waals surface area contributed by atoms with Gasteiger partial charge in [0.25, 0.3) is 0 Å². The van der Waals surface area contributed by atoms with Crippen LogP contribution in [0, 0.1) is 0 Å². The Morgan fingerprint density at radius 2 is 2.05 bits per heavy atom. The van der Waals surface area contributed by atoms with Crippen molar-refractivity contribution in [2.45, 2.75) is 13.5 Å². The molecule has 0 atom stereocenters. The minimum Gasteiger partial charge on any atom is -0.504 e. The van der Waals surface area contributed by atoms with Crippen LogP contribution in [0.1, 0.15) is 12.5 Å². The van der Waals surface area contributed by atoms with Crippen molar-refractivity contribution in [1.82, 2.24) is 4.98 Å². The first-order valence-corrected chi connectivity index (χ1v) is 7.30. The van der Waals surface area contributed by atoms with Crippen LogP contribution in [0.2, 0.25) is 0 Å². The molecular weight excluding hydrogens is 276 g/mol. The first-order chi connectivity index (χ1) is 10.8. The highest BCUT2D eigenvalue weighted by atomic mass is 16.5. The van der Waals surface area contributed by atoms with Crippen LogP contribution in [0.15, 0.2) is 54.7 Å². The highest BCUT2D eigenvalue weighted by Crippen LogP contribution is 2.28. The second-order valence-electron chi connectivity index (χ2n) is 4.96. The van der Waals surface area contributed by atoms with E-state index in [0.717, 1.165) is 22.2 Å². The summed E-state index contributed by atoms with van der Waals surface area (Å²) in [5, 5.41) is 14.2. The molecule has 1 heterocycles. The normalized spacial score (nSPS) is 10.6. The Labute approximate surface area is 129 Å². The van der Waals surface area contributed by atoms with Crippen LogP contribution in [-0.4, -0.2) is 16.7 Å². The van der Waals surface area contributed by atoms with Crippen molar-refractivity contribution in [2.24, 2.45) is 0 Å². The SMILES string of the molecule is CCOc1cc(CNc2cccc3ncccc23)ccc1O. The van der Waals surface area contributed by atoms with E-state index in [1.165, 1.54) is 0 Å². The Morgan fingerprint density at radius 1 is 1.14 bits per heavy atom. The van der Waals surface area contributed by atoms with Crippen LogP contribution >= 0.6 is 0 Å². The van der Waals surface area contributed by atoms with Gasteiger partial charge in [0.2, 0.25) is 0 Å². The molecule has 0 saturated heterocycles. The van der Waals surface area contributed by atoms with Crippen molar-refractivity contribution in [3.8, 4) is 11.5 Å². The molecule has 2 N–H and O–H groups in total. The molecule has 22 heavy (non-hydrogen) atoms. The van der Waals surface area contributed by atoms with Crippen LogP contribution in [0.3, 0.4) is 0 Å². The number of aromatic nitrogens is 1. The van der Waals surface area contributed by atoms with Crippen molar-refractivity contribution >= 4 is 16.6 Å². The van der Waals surface area contributed by atoms with Gasteiger partial charge in [-0.05, 0) is 48.9 Å². The van der Waals surface area contributed by atoms with Gasteiger partial charge >= 0.3 is 0 Å². The summed E-state index contributed by atoms with van der Waals surface area (Å²) in [6, 6.07) is 15.4. The molecule has 0 saturated carbocycles. The summed E-state index contributed by atoms with van der Waals surface area (Å²) in [5.74, 6) is 0.682. The number of phenolic OH excluding ortho intramolecular Hbond substituents is 1. The number of hydrogen-bond acceptors (Lipinski definition) is 4. The number of anilines is 1. The Balaban J connectivity index is 1.81. The van der Waals surface area contributed by atoms with E-state index in [1.54, 1.807) is 12.3 Å². The second-order valence-corrected chi connectivity index (χ2v) is 4.96. The standard InChI is InChI=1S/C18H18N2O2/c1-2-22-18-11-13(8-9-17(18)21)12-20-16-7-3-6-15-14(16)5-4-10-19-15/h3-11,20-21H,2,12H2,1H3. The molecule has 1 aromatic heterocycles. The van der Waals surface area contributed by atoms with Gasteiger partial charge in [0.15, 0.2) is 11.5 Å². The van der Waals surface area contributed by atoms with Gasteiger partial charge in [0.05, 0.1) is 12.1 Å². The van der Waals surface area contributed by atoms with E-state index in [1.807, 2.05) is 49.4 Å². The summed E-state index contributed by atoms with van der Waals surface area (Å²) in [6.07, 6.45) is 1.79. The topological polar surface area (TPSA) is 54.4 Å². The van der Waals surface area contributed by atoms with Gasteiger partial charge in [-0.1, -0.05) is 12.1 Å². The Hall–Kier alpha value is -2.75. The lowest BCUT2D eigenvalue weighted by Crippen LogP contribution is -2.01. The van der Waals surface area contributed by atoms with E-state index in [4.69, 9.17) is 4.74 Å².